The number of benzene rings is 4. The first-order chi connectivity index (χ1) is 27.9. The minimum absolute atomic E-state index is 0.0101. The molecule has 3 saturated carbocycles. The number of phosphoric ester groups is 1. The summed E-state index contributed by atoms with van der Waals surface area (Å²) in [5.74, 6) is 1.12. The lowest BCUT2D eigenvalue weighted by molar-refractivity contribution is -0.205. The molecule has 5 aliphatic rings. The third-order valence-electron chi connectivity index (χ3n) is 12.3. The summed E-state index contributed by atoms with van der Waals surface area (Å²) in [7, 11) is -1.75. The minimum Gasteiger partial charge on any atom is -0.410 e. The van der Waals surface area contributed by atoms with Crippen LogP contribution in [0.15, 0.2) is 90.1 Å². The number of phosphoric acid groups is 1. The van der Waals surface area contributed by atoms with Gasteiger partial charge in [0.1, 0.15) is 16.5 Å². The van der Waals surface area contributed by atoms with Gasteiger partial charge in [0.15, 0.2) is 0 Å². The van der Waals surface area contributed by atoms with Crippen molar-refractivity contribution in [3.63, 3.8) is 0 Å². The van der Waals surface area contributed by atoms with E-state index in [1.54, 1.807) is 50.9 Å². The highest BCUT2D eigenvalue weighted by Gasteiger charge is 2.76. The van der Waals surface area contributed by atoms with Crippen molar-refractivity contribution in [1.82, 2.24) is 10.3 Å². The zero-order valence-corrected chi connectivity index (χ0v) is 34.6. The largest absolute Gasteiger partial charge is 0.524 e. The summed E-state index contributed by atoms with van der Waals surface area (Å²) in [6, 6.07) is 24.3. The summed E-state index contributed by atoms with van der Waals surface area (Å²) in [6.45, 7) is 5.54. The van der Waals surface area contributed by atoms with Crippen LogP contribution in [0.4, 0.5) is 16.2 Å². The second-order valence-electron chi connectivity index (χ2n) is 15.8. The van der Waals surface area contributed by atoms with Gasteiger partial charge in [-0.15, -0.1) is 0 Å². The van der Waals surface area contributed by atoms with Gasteiger partial charge in [-0.1, -0.05) is 79.2 Å². The zero-order valence-electron chi connectivity index (χ0n) is 32.1. The molecule has 3 fully saturated rings. The Hall–Kier alpha value is -4.59. The molecule has 4 aromatic carbocycles. The Morgan fingerprint density at radius 1 is 0.793 bits per heavy atom. The minimum atomic E-state index is -4.88. The van der Waals surface area contributed by atoms with Crippen LogP contribution in [-0.4, -0.2) is 58.1 Å². The van der Waals surface area contributed by atoms with E-state index in [-0.39, 0.29) is 29.4 Å². The molecule has 15 heteroatoms. The van der Waals surface area contributed by atoms with Gasteiger partial charge in [-0.25, -0.2) is 14.3 Å². The Balaban J connectivity index is 0.932. The molecule has 58 heavy (non-hydrogen) atoms. The molecule has 0 unspecified atom stereocenters. The summed E-state index contributed by atoms with van der Waals surface area (Å²) >= 11 is 0. The zero-order chi connectivity index (χ0) is 40.4. The third kappa shape index (κ3) is 6.63. The summed E-state index contributed by atoms with van der Waals surface area (Å²) < 4.78 is 23.1. The molecule has 5 aromatic rings. The quantitative estimate of drug-likeness (QED) is 0.0626. The Morgan fingerprint density at radius 2 is 1.31 bits per heavy atom. The first kappa shape index (κ1) is 38.9. The number of carbonyl (C=O) groups excluding carboxylic acids is 3. The maximum atomic E-state index is 14.7. The number of anilines is 2. The van der Waals surface area contributed by atoms with Crippen LogP contribution in [0.5, 0.6) is 11.5 Å². The molecule has 10 rings (SSSR count). The standard InChI is InChI=1S/C43H43N4O8PS2/c1-3-26-21-46(32-19-34(28-11-5-7-13-30(28)37(26)32)54-41(50)45-17-18-57-58-36-15-9-10-16-44-36)39(48)42-23-43(24-42,25-42)40(49)47-22-27(4-2)38-31-14-8-6-12-29(31)35(20-33(38)47)55-56(51,52)53/h5-16,19-20,26-27H,3-4,17-18,21-25H2,1-2H3,(H,45,50)(H2,51,52,53)/t26-,27-,42?,43?/m1/s1. The molecular formula is C43H43N4O8PS2. The topological polar surface area (TPSA) is 159 Å². The number of nitrogens with one attached hydrogen (secondary N) is 1. The number of amides is 3. The van der Waals surface area contributed by atoms with Gasteiger partial charge >= 0.3 is 13.9 Å². The van der Waals surface area contributed by atoms with E-state index < -0.39 is 24.7 Å². The number of fused-ring (bicyclic) bond motifs is 6. The number of pyridine rings is 1. The first-order valence-corrected chi connectivity index (χ1v) is 23.5. The van der Waals surface area contributed by atoms with Gasteiger partial charge in [-0.2, -0.15) is 0 Å². The van der Waals surface area contributed by atoms with Crippen molar-refractivity contribution in [2.45, 2.75) is 62.8 Å². The highest BCUT2D eigenvalue weighted by atomic mass is 33.1. The fraction of sp³-hybridized carbons (Fsp3) is 0.349. The smallest absolute Gasteiger partial charge is 0.410 e. The molecule has 3 aliphatic carbocycles. The number of hydrogen-bond acceptors (Lipinski definition) is 9. The van der Waals surface area contributed by atoms with Crippen molar-refractivity contribution in [1.29, 1.82) is 0 Å². The number of nitrogens with zero attached hydrogens (tertiary/aromatic N) is 3. The van der Waals surface area contributed by atoms with Crippen LogP contribution in [0.25, 0.3) is 21.5 Å². The fourth-order valence-electron chi connectivity index (χ4n) is 9.81. The van der Waals surface area contributed by atoms with Crippen LogP contribution >= 0.6 is 29.4 Å². The molecule has 2 atom stereocenters. The van der Waals surface area contributed by atoms with E-state index >= 15 is 0 Å². The Labute approximate surface area is 343 Å². The highest BCUT2D eigenvalue weighted by Crippen LogP contribution is 2.75. The third-order valence-corrected chi connectivity index (χ3v) is 15.0. The fourth-order valence-corrected chi connectivity index (χ4v) is 12.0. The SMILES string of the molecule is CC[C@@H]1CN(C(=O)C23CC(C(=O)N4C[C@@H](CC)c5c4cc(OP(=O)(O)O)c4ccccc54)(C2)C3)c2cc(OC(=O)NCCSSc3ccccn3)c3ccccc3c21. The molecule has 2 bridgehead atoms. The van der Waals surface area contributed by atoms with Gasteiger partial charge in [-0.3, -0.25) is 19.4 Å². The second-order valence-corrected chi connectivity index (χ2v) is 19.4. The van der Waals surface area contributed by atoms with E-state index in [9.17, 15) is 28.7 Å². The summed E-state index contributed by atoms with van der Waals surface area (Å²) in [6.07, 6.45) is 4.05. The molecule has 0 spiro atoms. The number of rotatable bonds is 12. The maximum Gasteiger partial charge on any atom is 0.524 e. The molecule has 0 radical (unpaired) electrons. The van der Waals surface area contributed by atoms with E-state index in [4.69, 9.17) is 9.26 Å². The van der Waals surface area contributed by atoms with Crippen molar-refractivity contribution in [2.24, 2.45) is 10.8 Å². The van der Waals surface area contributed by atoms with Crippen molar-refractivity contribution in [2.75, 3.05) is 35.2 Å². The van der Waals surface area contributed by atoms with E-state index in [1.807, 2.05) is 65.6 Å². The van der Waals surface area contributed by atoms with E-state index in [2.05, 4.69) is 24.1 Å². The molecule has 1 aromatic heterocycles. The number of aromatic nitrogens is 1. The van der Waals surface area contributed by atoms with Crippen molar-refractivity contribution in [3.8, 4) is 11.5 Å². The van der Waals surface area contributed by atoms with Crippen LogP contribution in [0, 0.1) is 10.8 Å². The molecule has 3 heterocycles. The predicted octanol–water partition coefficient (Wildman–Crippen LogP) is 8.94. The Morgan fingerprint density at radius 3 is 1.83 bits per heavy atom. The van der Waals surface area contributed by atoms with Crippen LogP contribution < -0.4 is 24.4 Å². The highest BCUT2D eigenvalue weighted by molar-refractivity contribution is 8.76. The maximum absolute atomic E-state index is 14.7. The predicted molar refractivity (Wildman–Crippen MR) is 227 cm³/mol. The van der Waals surface area contributed by atoms with Gasteiger partial charge in [0, 0.05) is 66.3 Å². The van der Waals surface area contributed by atoms with E-state index in [0.717, 1.165) is 50.8 Å². The monoisotopic (exact) mass is 838 g/mol. The molecule has 12 nitrogen and oxygen atoms in total. The molecule has 3 N–H and O–H groups in total. The van der Waals surface area contributed by atoms with Gasteiger partial charge in [-0.05, 0) is 76.9 Å². The van der Waals surface area contributed by atoms with Gasteiger partial charge < -0.3 is 24.4 Å². The molecule has 2 aliphatic heterocycles. The average Bonchev–Trinajstić information content (AvgIpc) is 3.75. The van der Waals surface area contributed by atoms with Crippen molar-refractivity contribution >= 4 is 80.2 Å². The number of carbonyl (C=O) groups is 3. The van der Waals surface area contributed by atoms with Crippen LogP contribution in [0.2, 0.25) is 0 Å². The average molecular weight is 839 g/mol. The van der Waals surface area contributed by atoms with Crippen molar-refractivity contribution in [3.05, 3.63) is 96.2 Å². The molecule has 0 saturated heterocycles. The first-order valence-electron chi connectivity index (χ1n) is 19.6. The van der Waals surface area contributed by atoms with Gasteiger partial charge in [0.2, 0.25) is 11.8 Å². The lowest BCUT2D eigenvalue weighted by atomic mass is 9.34. The Bertz CT molecular complexity index is 2510. The van der Waals surface area contributed by atoms with Crippen LogP contribution in [0.3, 0.4) is 0 Å². The number of hydrogen-bond donors (Lipinski definition) is 3. The van der Waals surface area contributed by atoms with Crippen LogP contribution in [-0.2, 0) is 14.2 Å². The summed E-state index contributed by atoms with van der Waals surface area (Å²) in [5.41, 5.74) is 2.03. The molecule has 300 valence electrons. The van der Waals surface area contributed by atoms with Gasteiger partial charge in [0.25, 0.3) is 0 Å². The Kier molecular flexibility index (Phi) is 10.00. The second kappa shape index (κ2) is 14.9. The summed E-state index contributed by atoms with van der Waals surface area (Å²) in [4.78, 5) is 69.7. The molecular weight excluding hydrogens is 796 g/mol. The van der Waals surface area contributed by atoms with Crippen LogP contribution in [0.1, 0.15) is 68.9 Å². The summed E-state index contributed by atoms with van der Waals surface area (Å²) in [5, 5.41) is 6.88. The van der Waals surface area contributed by atoms with E-state index in [0.29, 0.717) is 61.5 Å². The van der Waals surface area contributed by atoms with E-state index in [1.165, 1.54) is 0 Å². The van der Waals surface area contributed by atoms with Crippen molar-refractivity contribution < 1.29 is 38.0 Å². The lowest BCUT2D eigenvalue weighted by Crippen LogP contribution is -2.72. The lowest BCUT2D eigenvalue weighted by Gasteiger charge is -2.69. The normalized spacial score (nSPS) is 22.9. The van der Waals surface area contributed by atoms with Gasteiger partial charge in [0.05, 0.1) is 22.2 Å². The molecule has 3 amide bonds. The number of ether oxygens (including phenoxy) is 1.